The molecule has 2 rings (SSSR count). The highest BCUT2D eigenvalue weighted by Gasteiger charge is 2.46. The van der Waals surface area contributed by atoms with E-state index in [0.717, 1.165) is 4.90 Å². The molecule has 5 heteroatoms. The summed E-state index contributed by atoms with van der Waals surface area (Å²) in [5.41, 5.74) is 0.350. The van der Waals surface area contributed by atoms with Crippen LogP contribution in [0, 0.1) is 0 Å². The number of hydrogen-bond acceptors (Lipinski definition) is 4. The average molecular weight is 207 g/mol. The summed E-state index contributed by atoms with van der Waals surface area (Å²) in [6.07, 6.45) is -3.31. The number of nitrogens with zero attached hydrogens (tertiary/aromatic N) is 1. The monoisotopic (exact) mass is 207 g/mol. The van der Waals surface area contributed by atoms with E-state index in [4.69, 9.17) is 0 Å². The van der Waals surface area contributed by atoms with Crippen LogP contribution in [-0.2, 0) is 9.59 Å². The minimum Gasteiger partial charge on any atom is -0.380 e. The summed E-state index contributed by atoms with van der Waals surface area (Å²) in [4.78, 5) is 23.6. The minimum atomic E-state index is -1.65. The third-order valence-electron chi connectivity index (χ3n) is 2.26. The second kappa shape index (κ2) is 3.45. The van der Waals surface area contributed by atoms with Crippen molar-refractivity contribution in [2.75, 3.05) is 4.90 Å². The highest BCUT2D eigenvalue weighted by atomic mass is 16.4. The van der Waals surface area contributed by atoms with Crippen LogP contribution in [0.25, 0.3) is 0 Å². The number of imide groups is 1. The molecular formula is C10H9NO4. The van der Waals surface area contributed by atoms with Gasteiger partial charge in [-0.2, -0.15) is 0 Å². The molecule has 1 aliphatic rings. The van der Waals surface area contributed by atoms with E-state index in [0.29, 0.717) is 5.69 Å². The number of para-hydroxylation sites is 1. The number of aliphatic hydroxyl groups is 2. The van der Waals surface area contributed by atoms with Crippen LogP contribution in [0.2, 0.25) is 0 Å². The van der Waals surface area contributed by atoms with Crippen molar-refractivity contribution in [2.24, 2.45) is 0 Å². The number of hydrogen-bond donors (Lipinski definition) is 2. The van der Waals surface area contributed by atoms with E-state index in [1.165, 1.54) is 0 Å². The van der Waals surface area contributed by atoms with Gasteiger partial charge in [-0.25, -0.2) is 4.90 Å². The molecule has 0 aromatic heterocycles. The van der Waals surface area contributed by atoms with Crippen LogP contribution in [0.3, 0.4) is 0 Å². The smallest absolute Gasteiger partial charge is 0.265 e. The van der Waals surface area contributed by atoms with Crippen molar-refractivity contribution in [3.05, 3.63) is 30.3 Å². The largest absolute Gasteiger partial charge is 0.380 e. The van der Waals surface area contributed by atoms with Gasteiger partial charge in [0.15, 0.2) is 12.2 Å². The fourth-order valence-electron chi connectivity index (χ4n) is 1.47. The molecule has 0 radical (unpaired) electrons. The van der Waals surface area contributed by atoms with Gasteiger partial charge < -0.3 is 10.2 Å². The number of rotatable bonds is 1. The Bertz CT molecular complexity index is 383. The molecule has 0 aliphatic carbocycles. The van der Waals surface area contributed by atoms with Gasteiger partial charge >= 0.3 is 0 Å². The van der Waals surface area contributed by atoms with Gasteiger partial charge in [-0.15, -0.1) is 0 Å². The van der Waals surface area contributed by atoms with Crippen molar-refractivity contribution in [3.63, 3.8) is 0 Å². The van der Waals surface area contributed by atoms with Gasteiger partial charge in [0.25, 0.3) is 11.8 Å². The fourth-order valence-corrected chi connectivity index (χ4v) is 1.47. The van der Waals surface area contributed by atoms with Crippen molar-refractivity contribution < 1.29 is 19.8 Å². The van der Waals surface area contributed by atoms with E-state index in [9.17, 15) is 19.8 Å². The lowest BCUT2D eigenvalue weighted by Gasteiger charge is -2.12. The van der Waals surface area contributed by atoms with Gasteiger partial charge in [-0.1, -0.05) is 18.2 Å². The van der Waals surface area contributed by atoms with Crippen LogP contribution in [0.15, 0.2) is 30.3 Å². The van der Waals surface area contributed by atoms with Crippen molar-refractivity contribution >= 4 is 17.5 Å². The van der Waals surface area contributed by atoms with Crippen molar-refractivity contribution in [3.8, 4) is 0 Å². The Morgan fingerprint density at radius 1 is 0.933 bits per heavy atom. The molecule has 1 saturated heterocycles. The second-order valence-electron chi connectivity index (χ2n) is 3.24. The van der Waals surface area contributed by atoms with Crippen LogP contribution < -0.4 is 4.90 Å². The lowest BCUT2D eigenvalue weighted by molar-refractivity contribution is -0.129. The number of amides is 2. The van der Waals surface area contributed by atoms with Gasteiger partial charge in [0, 0.05) is 0 Å². The molecule has 1 aromatic rings. The third-order valence-corrected chi connectivity index (χ3v) is 2.26. The molecule has 0 unspecified atom stereocenters. The Hall–Kier alpha value is -1.72. The predicted octanol–water partition coefficient (Wildman–Crippen LogP) is -0.718. The molecule has 1 fully saturated rings. The molecular weight excluding hydrogens is 198 g/mol. The lowest BCUT2D eigenvalue weighted by Crippen LogP contribution is -2.31. The first-order valence-electron chi connectivity index (χ1n) is 4.42. The zero-order valence-corrected chi connectivity index (χ0v) is 7.70. The van der Waals surface area contributed by atoms with Gasteiger partial charge in [-0.05, 0) is 12.1 Å². The number of benzene rings is 1. The van der Waals surface area contributed by atoms with E-state index in [-0.39, 0.29) is 0 Å². The Morgan fingerprint density at radius 3 is 1.87 bits per heavy atom. The summed E-state index contributed by atoms with van der Waals surface area (Å²) in [6.45, 7) is 0. The van der Waals surface area contributed by atoms with Crippen LogP contribution >= 0.6 is 0 Å². The van der Waals surface area contributed by atoms with Crippen molar-refractivity contribution in [2.45, 2.75) is 12.2 Å². The number of carbonyl (C=O) groups excluding carboxylic acids is 2. The zero-order valence-electron chi connectivity index (χ0n) is 7.70. The molecule has 0 saturated carbocycles. The number of carbonyl (C=O) groups is 2. The van der Waals surface area contributed by atoms with E-state index >= 15 is 0 Å². The van der Waals surface area contributed by atoms with Crippen LogP contribution in [0.4, 0.5) is 5.69 Å². The maximum atomic E-state index is 11.4. The highest BCUT2D eigenvalue weighted by Crippen LogP contribution is 2.22. The van der Waals surface area contributed by atoms with E-state index in [2.05, 4.69) is 0 Å². The van der Waals surface area contributed by atoms with Gasteiger partial charge in [-0.3, -0.25) is 9.59 Å². The highest BCUT2D eigenvalue weighted by molar-refractivity contribution is 6.24. The topological polar surface area (TPSA) is 77.8 Å². The average Bonchev–Trinajstić information content (AvgIpc) is 2.45. The molecule has 15 heavy (non-hydrogen) atoms. The number of aliphatic hydroxyl groups excluding tert-OH is 2. The molecule has 2 amide bonds. The van der Waals surface area contributed by atoms with Crippen LogP contribution in [-0.4, -0.2) is 34.2 Å². The summed E-state index contributed by atoms with van der Waals surface area (Å²) in [5, 5.41) is 18.4. The van der Waals surface area contributed by atoms with Gasteiger partial charge in [0.1, 0.15) is 0 Å². The number of anilines is 1. The van der Waals surface area contributed by atoms with E-state index in [1.807, 2.05) is 0 Å². The van der Waals surface area contributed by atoms with Gasteiger partial charge in [0.05, 0.1) is 5.69 Å². The lowest BCUT2D eigenvalue weighted by atomic mass is 10.2. The summed E-state index contributed by atoms with van der Waals surface area (Å²) >= 11 is 0. The Labute approximate surface area is 85.6 Å². The Morgan fingerprint density at radius 2 is 1.40 bits per heavy atom. The van der Waals surface area contributed by atoms with Crippen molar-refractivity contribution in [1.29, 1.82) is 0 Å². The van der Waals surface area contributed by atoms with Crippen LogP contribution in [0.1, 0.15) is 0 Å². The fraction of sp³-hybridized carbons (Fsp3) is 0.200. The minimum absolute atomic E-state index is 0.350. The molecule has 1 heterocycles. The molecule has 78 valence electrons. The SMILES string of the molecule is O=C1[C@H](O)[C@@H](O)C(=O)N1c1ccccc1. The normalized spacial score (nSPS) is 26.1. The molecule has 5 nitrogen and oxygen atoms in total. The first kappa shape index (κ1) is 9.82. The quantitative estimate of drug-likeness (QED) is 0.596. The van der Waals surface area contributed by atoms with E-state index < -0.39 is 24.0 Å². The summed E-state index contributed by atoms with van der Waals surface area (Å²) in [6, 6.07) is 8.17. The summed E-state index contributed by atoms with van der Waals surface area (Å²) < 4.78 is 0. The molecule has 1 aromatic carbocycles. The molecule has 2 atom stereocenters. The van der Waals surface area contributed by atoms with Crippen molar-refractivity contribution in [1.82, 2.24) is 0 Å². The zero-order chi connectivity index (χ0) is 11.0. The van der Waals surface area contributed by atoms with Gasteiger partial charge in [0.2, 0.25) is 0 Å². The molecule has 0 spiro atoms. The van der Waals surface area contributed by atoms with E-state index in [1.54, 1.807) is 30.3 Å². The first-order chi connectivity index (χ1) is 7.13. The maximum Gasteiger partial charge on any atom is 0.265 e. The maximum absolute atomic E-state index is 11.4. The Kier molecular flexibility index (Phi) is 2.26. The standard InChI is InChI=1S/C10H9NO4/c12-7-8(13)10(15)11(9(7)14)6-4-2-1-3-5-6/h1-5,7-8,12-13H/t7-,8-/m1/s1. The summed E-state index contributed by atoms with van der Waals surface area (Å²) in [7, 11) is 0. The molecule has 0 bridgehead atoms. The predicted molar refractivity (Wildman–Crippen MR) is 50.9 cm³/mol. The first-order valence-corrected chi connectivity index (χ1v) is 4.42. The van der Waals surface area contributed by atoms with Crippen LogP contribution in [0.5, 0.6) is 0 Å². The second-order valence-corrected chi connectivity index (χ2v) is 3.24. The third kappa shape index (κ3) is 1.42. The Balaban J connectivity index is 2.39. The molecule has 1 aliphatic heterocycles. The molecule has 2 N–H and O–H groups in total. The summed E-state index contributed by atoms with van der Waals surface area (Å²) in [5.74, 6) is -1.59.